The molecule has 0 bridgehead atoms. The maximum Gasteiger partial charge on any atom is 0.223 e. The molecule has 0 spiro atoms. The normalized spacial score (nSPS) is 16.7. The van der Waals surface area contributed by atoms with Gasteiger partial charge in [0.15, 0.2) is 0 Å². The van der Waals surface area contributed by atoms with Crippen molar-refractivity contribution in [2.75, 3.05) is 40.3 Å². The van der Waals surface area contributed by atoms with Crippen LogP contribution < -0.4 is 5.32 Å². The van der Waals surface area contributed by atoms with Gasteiger partial charge in [0.1, 0.15) is 0 Å². The molecule has 1 N–H and O–H groups in total. The van der Waals surface area contributed by atoms with Gasteiger partial charge in [-0.05, 0) is 33.4 Å². The lowest BCUT2D eigenvalue weighted by atomic mass is 9.95. The van der Waals surface area contributed by atoms with Gasteiger partial charge in [-0.15, -0.1) is 0 Å². The number of amides is 2. The molecule has 0 atom stereocenters. The Morgan fingerprint density at radius 3 is 2.42 bits per heavy atom. The van der Waals surface area contributed by atoms with Gasteiger partial charge in [0, 0.05) is 38.5 Å². The van der Waals surface area contributed by atoms with Crippen LogP contribution in [0.3, 0.4) is 0 Å². The molecule has 1 saturated heterocycles. The molecule has 5 nitrogen and oxygen atoms in total. The van der Waals surface area contributed by atoms with Gasteiger partial charge in [-0.25, -0.2) is 0 Å². The number of nitrogens with zero attached hydrogens (tertiary/aromatic N) is 2. The fraction of sp³-hybridized carbons (Fsp3) is 0.857. The van der Waals surface area contributed by atoms with Crippen molar-refractivity contribution in [1.82, 2.24) is 15.1 Å². The van der Waals surface area contributed by atoms with Crippen LogP contribution >= 0.6 is 0 Å². The van der Waals surface area contributed by atoms with Gasteiger partial charge in [-0.2, -0.15) is 0 Å². The Hall–Kier alpha value is -1.10. The number of carbonyl (C=O) groups is 2. The van der Waals surface area contributed by atoms with Crippen molar-refractivity contribution >= 4 is 11.8 Å². The van der Waals surface area contributed by atoms with Crippen LogP contribution in [-0.4, -0.2) is 61.9 Å². The van der Waals surface area contributed by atoms with Gasteiger partial charge in [0.25, 0.3) is 0 Å². The Balaban J connectivity index is 2.25. The summed E-state index contributed by atoms with van der Waals surface area (Å²) in [5.74, 6) is 0.450. The Kier molecular flexibility index (Phi) is 6.84. The Labute approximate surface area is 116 Å². The summed E-state index contributed by atoms with van der Waals surface area (Å²) in [4.78, 5) is 27.6. The molecule has 1 fully saturated rings. The fourth-order valence-electron chi connectivity index (χ4n) is 2.31. The van der Waals surface area contributed by atoms with E-state index in [1.165, 1.54) is 0 Å². The second-order valence-corrected chi connectivity index (χ2v) is 5.50. The summed E-state index contributed by atoms with van der Waals surface area (Å²) in [6.07, 6.45) is 3.11. The summed E-state index contributed by atoms with van der Waals surface area (Å²) in [5.41, 5.74) is 0. The third kappa shape index (κ3) is 5.59. The largest absolute Gasteiger partial charge is 0.355 e. The second-order valence-electron chi connectivity index (χ2n) is 5.50. The quantitative estimate of drug-likeness (QED) is 0.772. The van der Waals surface area contributed by atoms with Crippen LogP contribution in [0.15, 0.2) is 0 Å². The molecule has 0 aliphatic carbocycles. The third-order valence-corrected chi connectivity index (χ3v) is 3.54. The number of carbonyl (C=O) groups excluding carboxylic acids is 2. The minimum atomic E-state index is 0.0767. The number of hydrogen-bond donors (Lipinski definition) is 1. The van der Waals surface area contributed by atoms with Crippen molar-refractivity contribution in [3.05, 3.63) is 0 Å². The predicted molar refractivity (Wildman–Crippen MR) is 75.8 cm³/mol. The van der Waals surface area contributed by atoms with E-state index in [2.05, 4.69) is 5.32 Å². The number of rotatable bonds is 6. The van der Waals surface area contributed by atoms with E-state index in [1.807, 2.05) is 30.8 Å². The summed E-state index contributed by atoms with van der Waals surface area (Å²) in [7, 11) is 3.98. The van der Waals surface area contributed by atoms with Crippen molar-refractivity contribution < 1.29 is 9.59 Å². The van der Waals surface area contributed by atoms with Gasteiger partial charge in [-0.1, -0.05) is 6.92 Å². The van der Waals surface area contributed by atoms with E-state index in [9.17, 15) is 9.59 Å². The number of hydrogen-bond acceptors (Lipinski definition) is 3. The van der Waals surface area contributed by atoms with Crippen LogP contribution in [0.25, 0.3) is 0 Å². The molecule has 0 radical (unpaired) electrons. The zero-order chi connectivity index (χ0) is 14.3. The first-order chi connectivity index (χ1) is 9.04. The molecular weight excluding hydrogens is 242 g/mol. The molecule has 0 unspecified atom stereocenters. The van der Waals surface area contributed by atoms with E-state index in [1.54, 1.807) is 0 Å². The molecular formula is C14H27N3O2. The first-order valence-electron chi connectivity index (χ1n) is 7.24. The molecule has 19 heavy (non-hydrogen) atoms. The lowest BCUT2D eigenvalue weighted by molar-refractivity contribution is -0.135. The number of likely N-dealkylation sites (tertiary alicyclic amines) is 1. The van der Waals surface area contributed by atoms with E-state index < -0.39 is 0 Å². The summed E-state index contributed by atoms with van der Waals surface area (Å²) >= 11 is 0. The van der Waals surface area contributed by atoms with Gasteiger partial charge < -0.3 is 15.1 Å². The number of piperidine rings is 1. The summed E-state index contributed by atoms with van der Waals surface area (Å²) in [6.45, 7) is 5.03. The molecule has 0 aromatic carbocycles. The summed E-state index contributed by atoms with van der Waals surface area (Å²) in [6, 6.07) is 0. The Morgan fingerprint density at radius 1 is 1.26 bits per heavy atom. The average molecular weight is 269 g/mol. The first-order valence-corrected chi connectivity index (χ1v) is 7.24. The molecule has 1 aliphatic rings. The van der Waals surface area contributed by atoms with E-state index in [-0.39, 0.29) is 17.7 Å². The maximum absolute atomic E-state index is 11.9. The topological polar surface area (TPSA) is 52.7 Å². The SMILES string of the molecule is CCCC(=O)N1CCC(C(=O)NCCN(C)C)CC1. The van der Waals surface area contributed by atoms with Crippen molar-refractivity contribution in [2.24, 2.45) is 5.92 Å². The lowest BCUT2D eigenvalue weighted by Crippen LogP contribution is -2.43. The minimum absolute atomic E-state index is 0.0767. The van der Waals surface area contributed by atoms with Gasteiger partial charge in [0.2, 0.25) is 11.8 Å². The van der Waals surface area contributed by atoms with Gasteiger partial charge >= 0.3 is 0 Å². The first kappa shape index (κ1) is 16.0. The van der Waals surface area contributed by atoms with Crippen LogP contribution in [-0.2, 0) is 9.59 Å². The highest BCUT2D eigenvalue weighted by atomic mass is 16.2. The summed E-state index contributed by atoms with van der Waals surface area (Å²) < 4.78 is 0. The van der Waals surface area contributed by atoms with Crippen molar-refractivity contribution in [2.45, 2.75) is 32.6 Å². The smallest absolute Gasteiger partial charge is 0.223 e. The van der Waals surface area contributed by atoms with E-state index in [0.29, 0.717) is 13.0 Å². The molecule has 1 heterocycles. The van der Waals surface area contributed by atoms with Crippen LogP contribution in [0.4, 0.5) is 0 Å². The van der Waals surface area contributed by atoms with Crippen LogP contribution in [0, 0.1) is 5.92 Å². The molecule has 1 rings (SSSR count). The van der Waals surface area contributed by atoms with Crippen molar-refractivity contribution in [3.63, 3.8) is 0 Å². The monoisotopic (exact) mass is 269 g/mol. The Morgan fingerprint density at radius 2 is 1.89 bits per heavy atom. The average Bonchev–Trinajstić information content (AvgIpc) is 2.38. The second kappa shape index (κ2) is 8.15. The highest BCUT2D eigenvalue weighted by molar-refractivity contribution is 5.80. The van der Waals surface area contributed by atoms with E-state index in [0.717, 1.165) is 38.9 Å². The number of likely N-dealkylation sites (N-methyl/N-ethyl adjacent to an activating group) is 1. The standard InChI is InChI=1S/C14H27N3O2/c1-4-5-13(18)17-9-6-12(7-10-17)14(19)15-8-11-16(2)3/h12H,4-11H2,1-3H3,(H,15,19). The van der Waals surface area contributed by atoms with Crippen molar-refractivity contribution in [3.8, 4) is 0 Å². The zero-order valence-corrected chi connectivity index (χ0v) is 12.4. The molecule has 110 valence electrons. The van der Waals surface area contributed by atoms with Crippen LogP contribution in [0.1, 0.15) is 32.6 Å². The Bertz CT molecular complexity index is 297. The minimum Gasteiger partial charge on any atom is -0.355 e. The lowest BCUT2D eigenvalue weighted by Gasteiger charge is -2.31. The molecule has 0 aromatic heterocycles. The van der Waals surface area contributed by atoms with Crippen molar-refractivity contribution in [1.29, 1.82) is 0 Å². The number of nitrogens with one attached hydrogen (secondary N) is 1. The fourth-order valence-corrected chi connectivity index (χ4v) is 2.31. The van der Waals surface area contributed by atoms with Crippen LogP contribution in [0.2, 0.25) is 0 Å². The molecule has 5 heteroatoms. The summed E-state index contributed by atoms with van der Waals surface area (Å²) in [5, 5.41) is 2.97. The predicted octanol–water partition coefficient (Wildman–Crippen LogP) is 0.703. The molecule has 0 aromatic rings. The van der Waals surface area contributed by atoms with Crippen LogP contribution in [0.5, 0.6) is 0 Å². The highest BCUT2D eigenvalue weighted by Gasteiger charge is 2.26. The van der Waals surface area contributed by atoms with E-state index in [4.69, 9.17) is 0 Å². The van der Waals surface area contributed by atoms with E-state index >= 15 is 0 Å². The molecule has 2 amide bonds. The highest BCUT2D eigenvalue weighted by Crippen LogP contribution is 2.18. The molecule has 1 aliphatic heterocycles. The van der Waals surface area contributed by atoms with Gasteiger partial charge in [-0.3, -0.25) is 9.59 Å². The molecule has 0 saturated carbocycles. The maximum atomic E-state index is 11.9. The van der Waals surface area contributed by atoms with Gasteiger partial charge in [0.05, 0.1) is 0 Å². The third-order valence-electron chi connectivity index (χ3n) is 3.54. The zero-order valence-electron chi connectivity index (χ0n) is 12.4.